The Hall–Kier alpha value is -1.80. The smallest absolute Gasteiger partial charge is 0.366 e. The number of nitrogens with zero attached hydrogens (tertiary/aromatic N) is 2. The lowest BCUT2D eigenvalue weighted by Gasteiger charge is -2.09. The molecule has 2 N–H and O–H groups in total. The molecule has 0 unspecified atom stereocenters. The van der Waals surface area contributed by atoms with Gasteiger partial charge in [0.2, 0.25) is 5.91 Å². The van der Waals surface area contributed by atoms with E-state index >= 15 is 0 Å². The molecule has 0 aliphatic rings. The molecule has 0 aliphatic heterocycles. The van der Waals surface area contributed by atoms with Crippen LogP contribution in [0.1, 0.15) is 21.5 Å². The Morgan fingerprint density at radius 1 is 1.35 bits per heavy atom. The maximum atomic E-state index is 12.5. The summed E-state index contributed by atoms with van der Waals surface area (Å²) < 4.78 is 37.6. The fourth-order valence-corrected chi connectivity index (χ4v) is 2.98. The van der Waals surface area contributed by atoms with Crippen LogP contribution in [0, 0.1) is 0 Å². The largest absolute Gasteiger partial charge is 0.417 e. The summed E-state index contributed by atoms with van der Waals surface area (Å²) in [6.45, 7) is 0. The Morgan fingerprint density at radius 3 is 2.70 bits per heavy atom. The van der Waals surface area contributed by atoms with Crippen molar-refractivity contribution in [3.63, 3.8) is 0 Å². The molecule has 0 saturated carbocycles. The van der Waals surface area contributed by atoms with E-state index in [9.17, 15) is 18.0 Å². The Balaban J connectivity index is 2.04. The molecule has 0 saturated heterocycles. The van der Waals surface area contributed by atoms with Crippen LogP contribution in [0.3, 0.4) is 0 Å². The molecule has 2 heterocycles. The third-order valence-electron chi connectivity index (χ3n) is 2.91. The van der Waals surface area contributed by atoms with Gasteiger partial charge in [-0.1, -0.05) is 11.6 Å². The topological polar surface area (TPSA) is 68.9 Å². The third kappa shape index (κ3) is 4.59. The number of alkyl halides is 3. The van der Waals surface area contributed by atoms with Crippen LogP contribution in [0.2, 0.25) is 5.02 Å². The Kier molecular flexibility index (Phi) is 5.48. The highest BCUT2D eigenvalue weighted by atomic mass is 35.5. The van der Waals surface area contributed by atoms with Crippen LogP contribution in [-0.2, 0) is 12.6 Å². The lowest BCUT2D eigenvalue weighted by molar-refractivity contribution is -0.137. The van der Waals surface area contributed by atoms with Gasteiger partial charge in [0.05, 0.1) is 10.6 Å². The van der Waals surface area contributed by atoms with Crippen LogP contribution < -0.4 is 5.73 Å². The van der Waals surface area contributed by atoms with Gasteiger partial charge in [-0.2, -0.15) is 13.2 Å². The molecular weight excluding hydrogens is 351 g/mol. The molecule has 0 spiro atoms. The van der Waals surface area contributed by atoms with Crippen molar-refractivity contribution >= 4 is 29.3 Å². The molecule has 0 radical (unpaired) electrons. The van der Waals surface area contributed by atoms with Gasteiger partial charge in [-0.3, -0.25) is 9.78 Å². The zero-order chi connectivity index (χ0) is 17.0. The first-order valence-electron chi connectivity index (χ1n) is 6.37. The second-order valence-corrected chi connectivity index (χ2v) is 6.00. The Morgan fingerprint density at radius 2 is 2.09 bits per heavy atom. The minimum absolute atomic E-state index is 0.0638. The summed E-state index contributed by atoms with van der Waals surface area (Å²) in [5.41, 5.74) is 5.40. The third-order valence-corrected chi connectivity index (χ3v) is 4.32. The minimum atomic E-state index is -4.48. The minimum Gasteiger partial charge on any atom is -0.366 e. The van der Waals surface area contributed by atoms with Gasteiger partial charge in [0.25, 0.3) is 0 Å². The Labute approximate surface area is 139 Å². The van der Waals surface area contributed by atoms with Gasteiger partial charge < -0.3 is 5.73 Å². The van der Waals surface area contributed by atoms with E-state index in [1.807, 2.05) is 0 Å². The van der Waals surface area contributed by atoms with Crippen molar-refractivity contribution in [1.29, 1.82) is 0 Å². The van der Waals surface area contributed by atoms with Gasteiger partial charge in [0, 0.05) is 29.9 Å². The zero-order valence-corrected chi connectivity index (χ0v) is 13.2. The molecule has 4 nitrogen and oxygen atoms in total. The van der Waals surface area contributed by atoms with Gasteiger partial charge >= 0.3 is 6.18 Å². The van der Waals surface area contributed by atoms with E-state index in [-0.39, 0.29) is 5.02 Å². The summed E-state index contributed by atoms with van der Waals surface area (Å²) >= 11 is 7.02. The SMILES string of the molecule is NC(=O)c1ccncc1CCSc1ncc(C(F)(F)F)cc1Cl. The highest BCUT2D eigenvalue weighted by molar-refractivity contribution is 7.99. The van der Waals surface area contributed by atoms with Gasteiger partial charge in [-0.15, -0.1) is 11.8 Å². The van der Waals surface area contributed by atoms with Crippen molar-refractivity contribution in [2.45, 2.75) is 17.6 Å². The number of thioether (sulfide) groups is 1. The van der Waals surface area contributed by atoms with Gasteiger partial charge in [0.15, 0.2) is 0 Å². The summed E-state index contributed by atoms with van der Waals surface area (Å²) in [5, 5.41) is 0.232. The average Bonchev–Trinajstić information content (AvgIpc) is 2.48. The number of aryl methyl sites for hydroxylation is 1. The van der Waals surface area contributed by atoms with E-state index in [0.29, 0.717) is 28.3 Å². The van der Waals surface area contributed by atoms with E-state index in [4.69, 9.17) is 17.3 Å². The van der Waals surface area contributed by atoms with Gasteiger partial charge in [-0.05, 0) is 24.1 Å². The van der Waals surface area contributed by atoms with Crippen LogP contribution in [0.5, 0.6) is 0 Å². The van der Waals surface area contributed by atoms with Crippen LogP contribution in [0.25, 0.3) is 0 Å². The normalized spacial score (nSPS) is 11.5. The Bertz CT molecular complexity index is 725. The number of hydrogen-bond donors (Lipinski definition) is 1. The fourth-order valence-electron chi connectivity index (χ4n) is 1.81. The molecule has 0 aliphatic carbocycles. The summed E-state index contributed by atoms with van der Waals surface area (Å²) in [7, 11) is 0. The quantitative estimate of drug-likeness (QED) is 0.826. The number of pyridine rings is 2. The summed E-state index contributed by atoms with van der Waals surface area (Å²) in [4.78, 5) is 19.0. The zero-order valence-electron chi connectivity index (χ0n) is 11.6. The standard InChI is InChI=1S/C14H11ClF3N3OS/c15-11-5-9(14(16,17)18)7-21-13(11)23-4-2-8-6-20-3-1-10(8)12(19)22/h1,3,5-7H,2,4H2,(H2,19,22). The summed E-state index contributed by atoms with van der Waals surface area (Å²) in [6, 6.07) is 2.36. The van der Waals surface area contributed by atoms with Crippen molar-refractivity contribution in [2.24, 2.45) is 5.73 Å². The molecule has 0 atom stereocenters. The van der Waals surface area contributed by atoms with Crippen molar-refractivity contribution < 1.29 is 18.0 Å². The first-order valence-corrected chi connectivity index (χ1v) is 7.73. The van der Waals surface area contributed by atoms with Crippen molar-refractivity contribution in [3.05, 3.63) is 52.4 Å². The molecular formula is C14H11ClF3N3OS. The molecule has 0 fully saturated rings. The van der Waals surface area contributed by atoms with E-state index in [2.05, 4.69) is 9.97 Å². The van der Waals surface area contributed by atoms with E-state index < -0.39 is 17.6 Å². The van der Waals surface area contributed by atoms with E-state index in [0.717, 1.165) is 12.3 Å². The maximum Gasteiger partial charge on any atom is 0.417 e. The molecule has 23 heavy (non-hydrogen) atoms. The maximum absolute atomic E-state index is 12.5. The number of carbonyl (C=O) groups is 1. The number of nitrogens with two attached hydrogens (primary N) is 1. The molecule has 0 aromatic carbocycles. The van der Waals surface area contributed by atoms with Crippen molar-refractivity contribution in [2.75, 3.05) is 5.75 Å². The molecule has 0 bridgehead atoms. The molecule has 122 valence electrons. The van der Waals surface area contributed by atoms with Gasteiger partial charge in [0.1, 0.15) is 5.03 Å². The number of halogens is 4. The number of carbonyl (C=O) groups excluding carboxylic acids is 1. The number of rotatable bonds is 5. The second kappa shape index (κ2) is 7.18. The van der Waals surface area contributed by atoms with E-state index in [1.54, 1.807) is 0 Å². The highest BCUT2D eigenvalue weighted by Crippen LogP contribution is 2.33. The number of hydrogen-bond acceptors (Lipinski definition) is 4. The molecule has 2 aromatic heterocycles. The number of amides is 1. The number of primary amides is 1. The van der Waals surface area contributed by atoms with Crippen LogP contribution >= 0.6 is 23.4 Å². The number of aromatic nitrogens is 2. The van der Waals surface area contributed by atoms with Crippen LogP contribution in [0.4, 0.5) is 13.2 Å². The monoisotopic (exact) mass is 361 g/mol. The second-order valence-electron chi connectivity index (χ2n) is 4.50. The first-order chi connectivity index (χ1) is 10.8. The fraction of sp³-hybridized carbons (Fsp3) is 0.214. The van der Waals surface area contributed by atoms with Crippen LogP contribution in [0.15, 0.2) is 35.7 Å². The lowest BCUT2D eigenvalue weighted by Crippen LogP contribution is -2.14. The molecule has 1 amide bonds. The lowest BCUT2D eigenvalue weighted by atomic mass is 10.1. The van der Waals surface area contributed by atoms with E-state index in [1.165, 1.54) is 30.2 Å². The molecule has 2 rings (SSSR count). The predicted molar refractivity (Wildman–Crippen MR) is 81.4 cm³/mol. The predicted octanol–water partition coefficient (Wildman–Crippen LogP) is 3.58. The van der Waals surface area contributed by atoms with Crippen LogP contribution in [-0.4, -0.2) is 21.6 Å². The molecule has 2 aromatic rings. The van der Waals surface area contributed by atoms with Gasteiger partial charge in [-0.25, -0.2) is 4.98 Å². The van der Waals surface area contributed by atoms with Crippen molar-refractivity contribution in [1.82, 2.24) is 9.97 Å². The van der Waals surface area contributed by atoms with Crippen molar-refractivity contribution in [3.8, 4) is 0 Å². The summed E-state index contributed by atoms with van der Waals surface area (Å²) in [5.74, 6) is -0.0950. The average molecular weight is 362 g/mol. The summed E-state index contributed by atoms with van der Waals surface area (Å²) in [6.07, 6.45) is -0.289. The first kappa shape index (κ1) is 17.6. The highest BCUT2D eigenvalue weighted by Gasteiger charge is 2.31. The molecule has 9 heteroatoms.